The van der Waals surface area contributed by atoms with Crippen LogP contribution >= 0.6 is 0 Å². The van der Waals surface area contributed by atoms with Gasteiger partial charge in [0.1, 0.15) is 0 Å². The number of benzene rings is 1. The van der Waals surface area contributed by atoms with Crippen LogP contribution in [0, 0.1) is 12.8 Å². The van der Waals surface area contributed by atoms with Crippen LogP contribution < -0.4 is 11.1 Å². The Balaban J connectivity index is 1.92. The molecule has 0 aromatic heterocycles. The topological polar surface area (TPSA) is 62.9 Å². The maximum absolute atomic E-state index is 6.02. The smallest absolute Gasteiger partial charge is 0.193 e. The van der Waals surface area contributed by atoms with Gasteiger partial charge in [0, 0.05) is 24.8 Å². The molecule has 1 aliphatic rings. The van der Waals surface area contributed by atoms with Crippen molar-refractivity contribution >= 4 is 11.6 Å². The van der Waals surface area contributed by atoms with Gasteiger partial charge in [-0.2, -0.15) is 0 Å². The molecule has 5 heteroatoms. The lowest BCUT2D eigenvalue weighted by molar-refractivity contribution is 0.00870. The molecule has 1 aliphatic heterocycles. The predicted octanol–water partition coefficient (Wildman–Crippen LogP) is 2.08. The number of ether oxygens (including phenoxy) is 1. The number of aryl methyl sites for hydroxylation is 1. The summed E-state index contributed by atoms with van der Waals surface area (Å²) >= 11 is 0. The summed E-state index contributed by atoms with van der Waals surface area (Å²) in [5.74, 6) is 1.01. The van der Waals surface area contributed by atoms with Crippen molar-refractivity contribution in [3.63, 3.8) is 0 Å². The van der Waals surface area contributed by atoms with Crippen molar-refractivity contribution < 1.29 is 4.74 Å². The van der Waals surface area contributed by atoms with Crippen LogP contribution in [0.1, 0.15) is 19.4 Å². The van der Waals surface area contributed by atoms with Crippen LogP contribution in [0.3, 0.4) is 0 Å². The van der Waals surface area contributed by atoms with Crippen LogP contribution in [-0.4, -0.2) is 49.7 Å². The molecule has 3 N–H and O–H groups in total. The third-order valence-corrected chi connectivity index (χ3v) is 4.06. The second kappa shape index (κ2) is 8.15. The molecule has 1 aromatic rings. The summed E-state index contributed by atoms with van der Waals surface area (Å²) in [5.41, 5.74) is 8.22. The minimum absolute atomic E-state index is 0.405. The average molecular weight is 304 g/mol. The number of anilines is 1. The van der Waals surface area contributed by atoms with Crippen LogP contribution in [0.25, 0.3) is 0 Å². The first-order valence-electron chi connectivity index (χ1n) is 8.01. The van der Waals surface area contributed by atoms with E-state index in [1.165, 1.54) is 5.56 Å². The first-order chi connectivity index (χ1) is 10.6. The van der Waals surface area contributed by atoms with E-state index in [1.807, 2.05) is 12.1 Å². The van der Waals surface area contributed by atoms with Gasteiger partial charge in [0.25, 0.3) is 0 Å². The largest absolute Gasteiger partial charge is 0.379 e. The Hall–Kier alpha value is -1.59. The Morgan fingerprint density at radius 1 is 1.27 bits per heavy atom. The molecule has 1 aromatic carbocycles. The number of hydrogen-bond acceptors (Lipinski definition) is 3. The normalized spacial score (nSPS) is 18.5. The molecule has 1 fully saturated rings. The van der Waals surface area contributed by atoms with Crippen LogP contribution in [-0.2, 0) is 4.74 Å². The van der Waals surface area contributed by atoms with E-state index in [2.05, 4.69) is 48.1 Å². The summed E-state index contributed by atoms with van der Waals surface area (Å²) < 4.78 is 5.43. The molecule has 0 unspecified atom stereocenters. The molecule has 22 heavy (non-hydrogen) atoms. The zero-order chi connectivity index (χ0) is 15.9. The molecule has 122 valence electrons. The Kier molecular flexibility index (Phi) is 6.21. The molecule has 0 spiro atoms. The fourth-order valence-electron chi connectivity index (χ4n) is 2.67. The quantitative estimate of drug-likeness (QED) is 0.646. The summed E-state index contributed by atoms with van der Waals surface area (Å²) in [4.78, 5) is 6.99. The van der Waals surface area contributed by atoms with Crippen LogP contribution in [0.15, 0.2) is 29.3 Å². The van der Waals surface area contributed by atoms with E-state index in [1.54, 1.807) is 0 Å². The van der Waals surface area contributed by atoms with Crippen LogP contribution in [0.4, 0.5) is 5.69 Å². The molecular weight excluding hydrogens is 276 g/mol. The van der Waals surface area contributed by atoms with E-state index in [-0.39, 0.29) is 0 Å². The van der Waals surface area contributed by atoms with E-state index in [4.69, 9.17) is 10.5 Å². The van der Waals surface area contributed by atoms with Gasteiger partial charge in [-0.25, -0.2) is 0 Å². The van der Waals surface area contributed by atoms with Gasteiger partial charge in [-0.05, 0) is 25.0 Å². The van der Waals surface area contributed by atoms with Gasteiger partial charge in [0.05, 0.1) is 19.8 Å². The molecule has 0 saturated carbocycles. The minimum Gasteiger partial charge on any atom is -0.379 e. The van der Waals surface area contributed by atoms with Gasteiger partial charge in [0.15, 0.2) is 5.96 Å². The maximum Gasteiger partial charge on any atom is 0.193 e. The number of hydrogen-bond donors (Lipinski definition) is 2. The zero-order valence-electron chi connectivity index (χ0n) is 13.9. The first kappa shape index (κ1) is 16.8. The Labute approximate surface area is 133 Å². The van der Waals surface area contributed by atoms with Gasteiger partial charge in [0.2, 0.25) is 0 Å². The van der Waals surface area contributed by atoms with Gasteiger partial charge in [-0.3, -0.25) is 9.89 Å². The Morgan fingerprint density at radius 3 is 2.50 bits per heavy atom. The second-order valence-electron chi connectivity index (χ2n) is 6.18. The lowest BCUT2D eigenvalue weighted by atomic mass is 10.0. The number of aliphatic imine (C=N–C) groups is 1. The number of nitrogens with one attached hydrogen (secondary N) is 1. The molecule has 0 aliphatic carbocycles. The molecule has 0 radical (unpaired) electrons. The fraction of sp³-hybridized carbons (Fsp3) is 0.588. The average Bonchev–Trinajstić information content (AvgIpc) is 2.50. The second-order valence-corrected chi connectivity index (χ2v) is 6.18. The molecule has 1 saturated heterocycles. The molecule has 0 amide bonds. The van der Waals surface area contributed by atoms with E-state index in [9.17, 15) is 0 Å². The summed E-state index contributed by atoms with van der Waals surface area (Å²) in [5, 5.41) is 3.15. The highest BCUT2D eigenvalue weighted by Crippen LogP contribution is 2.14. The standard InChI is InChI=1S/C17H28N4O/c1-13(2)16(21-8-10-22-11-9-21)12-19-17(18)20-15-6-4-14(3)5-7-15/h4-7,13,16H,8-12H2,1-3H3,(H3,18,19,20)/t16-/m1/s1. The SMILES string of the molecule is Cc1ccc(NC(N)=NC[C@H](C(C)C)N2CCOCC2)cc1. The molecular formula is C17H28N4O. The van der Waals surface area contributed by atoms with Crippen molar-refractivity contribution in [1.82, 2.24) is 4.90 Å². The van der Waals surface area contributed by atoms with Gasteiger partial charge < -0.3 is 15.8 Å². The highest BCUT2D eigenvalue weighted by atomic mass is 16.5. The van der Waals surface area contributed by atoms with E-state index in [0.29, 0.717) is 24.5 Å². The molecule has 2 rings (SSSR count). The summed E-state index contributed by atoms with van der Waals surface area (Å²) in [6, 6.07) is 8.54. The van der Waals surface area contributed by atoms with Crippen molar-refractivity contribution in [2.45, 2.75) is 26.8 Å². The Morgan fingerprint density at radius 2 is 1.91 bits per heavy atom. The molecule has 1 heterocycles. The van der Waals surface area contributed by atoms with Crippen LogP contribution in [0.5, 0.6) is 0 Å². The maximum atomic E-state index is 6.02. The number of nitrogens with zero attached hydrogens (tertiary/aromatic N) is 2. The van der Waals surface area contributed by atoms with Crippen molar-refractivity contribution in [2.24, 2.45) is 16.6 Å². The van der Waals surface area contributed by atoms with E-state index < -0.39 is 0 Å². The van der Waals surface area contributed by atoms with Gasteiger partial charge in [-0.15, -0.1) is 0 Å². The predicted molar refractivity (Wildman–Crippen MR) is 92.3 cm³/mol. The minimum atomic E-state index is 0.405. The van der Waals surface area contributed by atoms with Gasteiger partial charge >= 0.3 is 0 Å². The molecule has 5 nitrogen and oxygen atoms in total. The zero-order valence-corrected chi connectivity index (χ0v) is 13.9. The van der Waals surface area contributed by atoms with Crippen LogP contribution in [0.2, 0.25) is 0 Å². The van der Waals surface area contributed by atoms with E-state index in [0.717, 1.165) is 32.0 Å². The number of nitrogens with two attached hydrogens (primary N) is 1. The molecule has 1 atom stereocenters. The summed E-state index contributed by atoms with van der Waals surface area (Å²) in [7, 11) is 0. The number of guanidine groups is 1. The third kappa shape index (κ3) is 5.00. The van der Waals surface area contributed by atoms with Crippen molar-refractivity contribution in [2.75, 3.05) is 38.2 Å². The van der Waals surface area contributed by atoms with Crippen molar-refractivity contribution in [1.29, 1.82) is 0 Å². The summed E-state index contributed by atoms with van der Waals surface area (Å²) in [6.45, 7) is 10.8. The lowest BCUT2D eigenvalue weighted by Crippen LogP contribution is -2.47. The third-order valence-electron chi connectivity index (χ3n) is 4.06. The van der Waals surface area contributed by atoms with Crippen molar-refractivity contribution in [3.8, 4) is 0 Å². The fourth-order valence-corrected chi connectivity index (χ4v) is 2.67. The van der Waals surface area contributed by atoms with E-state index >= 15 is 0 Å². The first-order valence-corrected chi connectivity index (χ1v) is 8.01. The number of rotatable bonds is 5. The highest BCUT2D eigenvalue weighted by Gasteiger charge is 2.23. The Bertz CT molecular complexity index is 478. The van der Waals surface area contributed by atoms with Crippen molar-refractivity contribution in [3.05, 3.63) is 29.8 Å². The summed E-state index contributed by atoms with van der Waals surface area (Å²) in [6.07, 6.45) is 0. The highest BCUT2D eigenvalue weighted by molar-refractivity contribution is 5.92. The number of morpholine rings is 1. The molecule has 0 bridgehead atoms. The van der Waals surface area contributed by atoms with Gasteiger partial charge in [-0.1, -0.05) is 31.5 Å². The lowest BCUT2D eigenvalue weighted by Gasteiger charge is -2.36. The monoisotopic (exact) mass is 304 g/mol.